The predicted molar refractivity (Wildman–Crippen MR) is 79.0 cm³/mol. The highest BCUT2D eigenvalue weighted by atomic mass is 32.2. The Bertz CT molecular complexity index is 231. The van der Waals surface area contributed by atoms with Crippen molar-refractivity contribution < 1.29 is 0 Å². The maximum Gasteiger partial charge on any atom is 0.157 e. The fourth-order valence-corrected chi connectivity index (χ4v) is 3.36. The summed E-state index contributed by atoms with van der Waals surface area (Å²) in [5, 5.41) is 5.30. The number of rotatable bonds is 6. The SMILES string of the molecule is CCCN(CC)CCN=C1NC(C)CC(C)S1. The average molecular weight is 257 g/mol. The summed E-state index contributed by atoms with van der Waals surface area (Å²) in [6.07, 6.45) is 2.46. The topological polar surface area (TPSA) is 27.6 Å². The van der Waals surface area contributed by atoms with Crippen molar-refractivity contribution in [2.45, 2.75) is 51.8 Å². The summed E-state index contributed by atoms with van der Waals surface area (Å²) in [4.78, 5) is 7.14. The maximum absolute atomic E-state index is 4.68. The van der Waals surface area contributed by atoms with Crippen LogP contribution in [0.5, 0.6) is 0 Å². The lowest BCUT2D eigenvalue weighted by Crippen LogP contribution is -2.38. The smallest absolute Gasteiger partial charge is 0.157 e. The fourth-order valence-electron chi connectivity index (χ4n) is 2.16. The standard InChI is InChI=1S/C13H27N3S/c1-5-8-16(6-2)9-7-14-13-15-11(3)10-12(4)17-13/h11-12H,5-10H2,1-4H3,(H,14,15). The van der Waals surface area contributed by atoms with E-state index < -0.39 is 0 Å². The number of aliphatic imine (C=N–C) groups is 1. The Kier molecular flexibility index (Phi) is 6.97. The summed E-state index contributed by atoms with van der Waals surface area (Å²) in [7, 11) is 0. The quantitative estimate of drug-likeness (QED) is 0.792. The second-order valence-electron chi connectivity index (χ2n) is 4.83. The molecule has 0 radical (unpaired) electrons. The molecule has 17 heavy (non-hydrogen) atoms. The van der Waals surface area contributed by atoms with E-state index in [2.05, 4.69) is 42.9 Å². The number of hydrogen-bond acceptors (Lipinski definition) is 3. The van der Waals surface area contributed by atoms with Crippen LogP contribution in [0.25, 0.3) is 0 Å². The molecule has 0 aromatic carbocycles. The highest BCUT2D eigenvalue weighted by Crippen LogP contribution is 2.21. The van der Waals surface area contributed by atoms with Gasteiger partial charge in [0.2, 0.25) is 0 Å². The lowest BCUT2D eigenvalue weighted by molar-refractivity contribution is 0.297. The summed E-state index contributed by atoms with van der Waals surface area (Å²) >= 11 is 1.88. The van der Waals surface area contributed by atoms with Crippen LogP contribution in [0.15, 0.2) is 4.99 Å². The molecule has 0 bridgehead atoms. The molecule has 1 rings (SSSR count). The van der Waals surface area contributed by atoms with E-state index in [1.165, 1.54) is 19.4 Å². The van der Waals surface area contributed by atoms with Gasteiger partial charge in [0.05, 0.1) is 6.54 Å². The third-order valence-electron chi connectivity index (χ3n) is 3.03. The highest BCUT2D eigenvalue weighted by molar-refractivity contribution is 8.14. The Balaban J connectivity index is 2.31. The first-order chi connectivity index (χ1) is 8.15. The molecule has 2 unspecified atom stereocenters. The Morgan fingerprint density at radius 1 is 1.35 bits per heavy atom. The van der Waals surface area contributed by atoms with Gasteiger partial charge in [-0.25, -0.2) is 0 Å². The molecule has 0 amide bonds. The molecule has 0 aromatic rings. The van der Waals surface area contributed by atoms with Crippen molar-refractivity contribution in [3.63, 3.8) is 0 Å². The second kappa shape index (κ2) is 7.98. The van der Waals surface area contributed by atoms with Crippen molar-refractivity contribution in [1.29, 1.82) is 0 Å². The first-order valence-electron chi connectivity index (χ1n) is 6.85. The van der Waals surface area contributed by atoms with Gasteiger partial charge in [-0.15, -0.1) is 0 Å². The molecule has 0 aliphatic carbocycles. The van der Waals surface area contributed by atoms with Crippen molar-refractivity contribution in [2.24, 2.45) is 4.99 Å². The highest BCUT2D eigenvalue weighted by Gasteiger charge is 2.19. The van der Waals surface area contributed by atoms with Crippen molar-refractivity contribution in [1.82, 2.24) is 10.2 Å². The predicted octanol–water partition coefficient (Wildman–Crippen LogP) is 2.58. The van der Waals surface area contributed by atoms with Gasteiger partial charge in [0, 0.05) is 17.8 Å². The van der Waals surface area contributed by atoms with E-state index in [4.69, 9.17) is 0 Å². The van der Waals surface area contributed by atoms with Gasteiger partial charge in [0.1, 0.15) is 0 Å². The summed E-state index contributed by atoms with van der Waals surface area (Å²) in [6, 6.07) is 0.572. The third kappa shape index (κ3) is 5.77. The summed E-state index contributed by atoms with van der Waals surface area (Å²) in [6.45, 7) is 13.3. The summed E-state index contributed by atoms with van der Waals surface area (Å²) in [5.74, 6) is 0. The van der Waals surface area contributed by atoms with Crippen molar-refractivity contribution >= 4 is 16.9 Å². The molecule has 0 spiro atoms. The number of hydrogen-bond donors (Lipinski definition) is 1. The lowest BCUT2D eigenvalue weighted by Gasteiger charge is -2.27. The number of thioether (sulfide) groups is 1. The van der Waals surface area contributed by atoms with Gasteiger partial charge in [-0.2, -0.15) is 0 Å². The van der Waals surface area contributed by atoms with Crippen LogP contribution in [0.3, 0.4) is 0 Å². The van der Waals surface area contributed by atoms with Gasteiger partial charge in [0.25, 0.3) is 0 Å². The monoisotopic (exact) mass is 257 g/mol. The second-order valence-corrected chi connectivity index (χ2v) is 6.26. The molecule has 3 nitrogen and oxygen atoms in total. The van der Waals surface area contributed by atoms with Crippen LogP contribution in [0, 0.1) is 0 Å². The minimum atomic E-state index is 0.572. The van der Waals surface area contributed by atoms with Gasteiger partial charge in [-0.05, 0) is 32.9 Å². The number of amidine groups is 1. The van der Waals surface area contributed by atoms with E-state index >= 15 is 0 Å². The maximum atomic E-state index is 4.68. The third-order valence-corrected chi connectivity index (χ3v) is 4.09. The average Bonchev–Trinajstić information content (AvgIpc) is 2.26. The molecule has 1 aliphatic rings. The molecule has 2 atom stereocenters. The lowest BCUT2D eigenvalue weighted by atomic mass is 10.2. The van der Waals surface area contributed by atoms with Gasteiger partial charge in [0.15, 0.2) is 5.17 Å². The van der Waals surface area contributed by atoms with Gasteiger partial charge in [-0.1, -0.05) is 32.5 Å². The van der Waals surface area contributed by atoms with Crippen LogP contribution < -0.4 is 5.32 Å². The van der Waals surface area contributed by atoms with E-state index in [-0.39, 0.29) is 0 Å². The Morgan fingerprint density at radius 2 is 2.12 bits per heavy atom. The largest absolute Gasteiger partial charge is 0.362 e. The molecule has 1 aliphatic heterocycles. The Hall–Kier alpha value is -0.220. The molecule has 1 saturated heterocycles. The minimum Gasteiger partial charge on any atom is -0.362 e. The van der Waals surface area contributed by atoms with Gasteiger partial charge in [-0.3, -0.25) is 4.99 Å². The van der Waals surface area contributed by atoms with Crippen LogP contribution >= 0.6 is 11.8 Å². The molecule has 0 saturated carbocycles. The zero-order valence-corrected chi connectivity index (χ0v) is 12.5. The van der Waals surface area contributed by atoms with Crippen LogP contribution in [-0.4, -0.2) is 47.5 Å². The van der Waals surface area contributed by atoms with E-state index in [9.17, 15) is 0 Å². The van der Waals surface area contributed by atoms with Crippen molar-refractivity contribution in [3.8, 4) is 0 Å². The zero-order valence-electron chi connectivity index (χ0n) is 11.7. The van der Waals surface area contributed by atoms with Crippen molar-refractivity contribution in [2.75, 3.05) is 26.2 Å². The van der Waals surface area contributed by atoms with E-state index in [1.807, 2.05) is 11.8 Å². The van der Waals surface area contributed by atoms with E-state index in [0.717, 1.165) is 24.8 Å². The summed E-state index contributed by atoms with van der Waals surface area (Å²) in [5.41, 5.74) is 0. The van der Waals surface area contributed by atoms with Gasteiger partial charge >= 0.3 is 0 Å². The number of nitrogens with zero attached hydrogens (tertiary/aromatic N) is 2. The zero-order chi connectivity index (χ0) is 12.7. The molecular formula is C13H27N3S. The molecule has 100 valence electrons. The summed E-state index contributed by atoms with van der Waals surface area (Å²) < 4.78 is 0. The van der Waals surface area contributed by atoms with E-state index in [0.29, 0.717) is 11.3 Å². The first-order valence-corrected chi connectivity index (χ1v) is 7.73. The Morgan fingerprint density at radius 3 is 2.71 bits per heavy atom. The van der Waals surface area contributed by atoms with Crippen LogP contribution in [-0.2, 0) is 0 Å². The Labute approximate surface area is 110 Å². The molecule has 1 fully saturated rings. The molecular weight excluding hydrogens is 230 g/mol. The van der Waals surface area contributed by atoms with Crippen LogP contribution in [0.2, 0.25) is 0 Å². The van der Waals surface area contributed by atoms with Crippen molar-refractivity contribution in [3.05, 3.63) is 0 Å². The first kappa shape index (κ1) is 14.8. The van der Waals surface area contributed by atoms with Gasteiger partial charge < -0.3 is 10.2 Å². The van der Waals surface area contributed by atoms with E-state index in [1.54, 1.807) is 0 Å². The van der Waals surface area contributed by atoms with Crippen LogP contribution in [0.1, 0.15) is 40.5 Å². The number of nitrogens with one attached hydrogen (secondary N) is 1. The molecule has 4 heteroatoms. The normalized spacial score (nSPS) is 27.5. The fraction of sp³-hybridized carbons (Fsp3) is 0.923. The van der Waals surface area contributed by atoms with Crippen LogP contribution in [0.4, 0.5) is 0 Å². The molecule has 1 N–H and O–H groups in total. The number of likely N-dealkylation sites (N-methyl/N-ethyl adjacent to an activating group) is 1. The molecule has 0 aromatic heterocycles. The minimum absolute atomic E-state index is 0.572. The molecule has 1 heterocycles.